The Balaban J connectivity index is 2.74. The van der Waals surface area contributed by atoms with Gasteiger partial charge in [0.15, 0.2) is 8.32 Å². The van der Waals surface area contributed by atoms with E-state index in [0.717, 1.165) is 25.9 Å². The van der Waals surface area contributed by atoms with Gasteiger partial charge in [0.1, 0.15) is 12.2 Å². The second kappa shape index (κ2) is 9.29. The molecule has 0 amide bonds. The number of aliphatic hydroxyl groups excluding tert-OH is 1. The Morgan fingerprint density at radius 3 is 2.54 bits per heavy atom. The first-order chi connectivity index (χ1) is 11.1. The van der Waals surface area contributed by atoms with Gasteiger partial charge in [0, 0.05) is 6.61 Å². The van der Waals surface area contributed by atoms with Crippen LogP contribution in [0.5, 0.6) is 0 Å². The third-order valence-corrected chi connectivity index (χ3v) is 9.67. The highest BCUT2D eigenvalue weighted by Gasteiger charge is 2.39. The van der Waals surface area contributed by atoms with Crippen molar-refractivity contribution in [3.63, 3.8) is 0 Å². The molecule has 0 saturated carbocycles. The first-order valence-electron chi connectivity index (χ1n) is 8.95. The molecule has 1 heterocycles. The summed E-state index contributed by atoms with van der Waals surface area (Å²) in [6.45, 7) is 19.6. The molecule has 0 aliphatic carbocycles. The predicted octanol–water partition coefficient (Wildman–Crippen LogP) is 4.06. The van der Waals surface area contributed by atoms with Crippen LogP contribution < -0.4 is 0 Å². The van der Waals surface area contributed by atoms with Gasteiger partial charge in [0.25, 0.3) is 0 Å². The Kier molecular flexibility index (Phi) is 8.36. The van der Waals surface area contributed by atoms with Crippen molar-refractivity contribution < 1.29 is 19.0 Å². The average molecular weight is 357 g/mol. The topological polar surface area (TPSA) is 47.9 Å². The maximum absolute atomic E-state index is 10.3. The van der Waals surface area contributed by atoms with Gasteiger partial charge in [-0.2, -0.15) is 0 Å². The van der Waals surface area contributed by atoms with Crippen molar-refractivity contribution in [1.82, 2.24) is 0 Å². The van der Waals surface area contributed by atoms with Crippen LogP contribution in [0.3, 0.4) is 0 Å². The summed E-state index contributed by atoms with van der Waals surface area (Å²) in [5, 5.41) is 10.4. The van der Waals surface area contributed by atoms with Crippen LogP contribution in [0.25, 0.3) is 0 Å². The number of rotatable bonds is 9. The Bertz CT molecular complexity index is 403. The summed E-state index contributed by atoms with van der Waals surface area (Å²) < 4.78 is 18.3. The van der Waals surface area contributed by atoms with E-state index in [1.807, 2.05) is 6.08 Å². The van der Waals surface area contributed by atoms with Crippen LogP contribution in [0.15, 0.2) is 25.3 Å². The summed E-state index contributed by atoms with van der Waals surface area (Å²) in [4.78, 5) is 0. The molecule has 1 rings (SSSR count). The van der Waals surface area contributed by atoms with Crippen LogP contribution in [-0.4, -0.2) is 51.1 Å². The lowest BCUT2D eigenvalue weighted by atomic mass is 10.0. The van der Waals surface area contributed by atoms with Crippen LogP contribution in [0.2, 0.25) is 18.1 Å². The smallest absolute Gasteiger partial charge is 0.192 e. The summed E-state index contributed by atoms with van der Waals surface area (Å²) in [5.41, 5.74) is 0. The zero-order chi connectivity index (χ0) is 18.4. The lowest BCUT2D eigenvalue weighted by molar-refractivity contribution is -0.153. The Morgan fingerprint density at radius 1 is 1.33 bits per heavy atom. The Morgan fingerprint density at radius 2 is 2.00 bits per heavy atom. The van der Waals surface area contributed by atoms with Crippen molar-refractivity contribution in [3.8, 4) is 0 Å². The van der Waals surface area contributed by atoms with Crippen LogP contribution in [-0.2, 0) is 13.9 Å². The van der Waals surface area contributed by atoms with Gasteiger partial charge in [-0.25, -0.2) is 0 Å². The second-order valence-corrected chi connectivity index (χ2v) is 12.9. The Hall–Kier alpha value is -0.463. The standard InChI is InChI=1S/C19H36O4Si/c1-8-11-16-17(12-10-13-21-16)23-18(15(20)9-2)14-22-24(6,7)19(3,4)5/h8-9,15-18,20H,1-2,10-14H2,3-7H3/t15-,16+,17-,18-/m0/s1. The zero-order valence-electron chi connectivity index (χ0n) is 16.1. The summed E-state index contributed by atoms with van der Waals surface area (Å²) in [6.07, 6.45) is 4.82. The van der Waals surface area contributed by atoms with E-state index < -0.39 is 20.5 Å². The molecule has 1 saturated heterocycles. The normalized spacial score (nSPS) is 25.1. The van der Waals surface area contributed by atoms with E-state index in [0.29, 0.717) is 6.61 Å². The van der Waals surface area contributed by atoms with E-state index in [2.05, 4.69) is 47.0 Å². The van der Waals surface area contributed by atoms with Gasteiger partial charge in [0.05, 0.1) is 18.8 Å². The maximum Gasteiger partial charge on any atom is 0.192 e. The minimum Gasteiger partial charge on any atom is -0.414 e. The molecule has 0 radical (unpaired) electrons. The quantitative estimate of drug-likeness (QED) is 0.500. The zero-order valence-corrected chi connectivity index (χ0v) is 17.1. The van der Waals surface area contributed by atoms with Crippen molar-refractivity contribution in [3.05, 3.63) is 25.3 Å². The van der Waals surface area contributed by atoms with Crippen LogP contribution in [0.1, 0.15) is 40.0 Å². The van der Waals surface area contributed by atoms with Crippen molar-refractivity contribution in [2.24, 2.45) is 0 Å². The molecular weight excluding hydrogens is 320 g/mol. The number of ether oxygens (including phenoxy) is 2. The highest BCUT2D eigenvalue weighted by molar-refractivity contribution is 6.74. The van der Waals surface area contributed by atoms with Gasteiger partial charge in [-0.15, -0.1) is 13.2 Å². The van der Waals surface area contributed by atoms with Gasteiger partial charge in [0.2, 0.25) is 0 Å². The molecule has 1 fully saturated rings. The molecule has 4 nitrogen and oxygen atoms in total. The molecule has 5 heteroatoms. The van der Waals surface area contributed by atoms with Crippen molar-refractivity contribution >= 4 is 8.32 Å². The maximum atomic E-state index is 10.3. The minimum absolute atomic E-state index is 0.00337. The molecule has 0 spiro atoms. The van der Waals surface area contributed by atoms with Gasteiger partial charge in [-0.05, 0) is 37.4 Å². The fourth-order valence-electron chi connectivity index (χ4n) is 2.45. The first kappa shape index (κ1) is 21.6. The highest BCUT2D eigenvalue weighted by Crippen LogP contribution is 2.37. The monoisotopic (exact) mass is 356 g/mol. The molecule has 4 atom stereocenters. The largest absolute Gasteiger partial charge is 0.414 e. The van der Waals surface area contributed by atoms with Gasteiger partial charge >= 0.3 is 0 Å². The molecule has 1 aliphatic heterocycles. The van der Waals surface area contributed by atoms with Gasteiger partial charge in [-0.1, -0.05) is 32.9 Å². The number of hydrogen-bond donors (Lipinski definition) is 1. The van der Waals surface area contributed by atoms with Crippen molar-refractivity contribution in [2.75, 3.05) is 13.2 Å². The van der Waals surface area contributed by atoms with E-state index in [-0.39, 0.29) is 17.2 Å². The average Bonchev–Trinajstić information content (AvgIpc) is 2.51. The van der Waals surface area contributed by atoms with E-state index in [4.69, 9.17) is 13.9 Å². The molecule has 0 unspecified atom stereocenters. The molecule has 24 heavy (non-hydrogen) atoms. The lowest BCUT2D eigenvalue weighted by Crippen LogP contribution is -2.47. The summed E-state index contributed by atoms with van der Waals surface area (Å²) in [7, 11) is -1.90. The van der Waals surface area contributed by atoms with E-state index in [1.54, 1.807) is 0 Å². The molecule has 140 valence electrons. The lowest BCUT2D eigenvalue weighted by Gasteiger charge is -2.39. The fraction of sp³-hybridized carbons (Fsp3) is 0.789. The second-order valence-electron chi connectivity index (χ2n) is 8.09. The summed E-state index contributed by atoms with van der Waals surface area (Å²) in [6, 6.07) is 0. The molecular formula is C19H36O4Si. The van der Waals surface area contributed by atoms with Gasteiger partial charge < -0.3 is 19.0 Å². The molecule has 0 bridgehead atoms. The van der Waals surface area contributed by atoms with Crippen molar-refractivity contribution in [2.45, 2.75) is 82.6 Å². The van der Waals surface area contributed by atoms with E-state index in [1.165, 1.54) is 6.08 Å². The molecule has 0 aromatic rings. The first-order valence-corrected chi connectivity index (χ1v) is 11.9. The third-order valence-electron chi connectivity index (χ3n) is 5.17. The highest BCUT2D eigenvalue weighted by atomic mass is 28.4. The fourth-order valence-corrected chi connectivity index (χ4v) is 3.47. The van der Waals surface area contributed by atoms with Crippen LogP contribution >= 0.6 is 0 Å². The number of hydrogen-bond acceptors (Lipinski definition) is 4. The van der Waals surface area contributed by atoms with Crippen LogP contribution in [0, 0.1) is 0 Å². The van der Waals surface area contributed by atoms with Crippen LogP contribution in [0.4, 0.5) is 0 Å². The third kappa shape index (κ3) is 6.12. The molecule has 1 aliphatic rings. The van der Waals surface area contributed by atoms with E-state index in [9.17, 15) is 5.11 Å². The van der Waals surface area contributed by atoms with E-state index >= 15 is 0 Å². The minimum atomic E-state index is -1.90. The van der Waals surface area contributed by atoms with Gasteiger partial charge in [-0.3, -0.25) is 0 Å². The Labute approximate surface area is 149 Å². The molecule has 1 N–H and O–H groups in total. The molecule has 0 aromatic heterocycles. The van der Waals surface area contributed by atoms with Crippen molar-refractivity contribution in [1.29, 1.82) is 0 Å². The molecule has 0 aromatic carbocycles. The summed E-state index contributed by atoms with van der Waals surface area (Å²) >= 11 is 0. The predicted molar refractivity (Wildman–Crippen MR) is 102 cm³/mol. The SMILES string of the molecule is C=CC[C@H]1OCCC[C@@H]1O[C@@H](CO[Si](C)(C)C(C)(C)C)[C@@H](O)C=C. The number of aliphatic hydroxyl groups is 1. The summed E-state index contributed by atoms with van der Waals surface area (Å²) in [5.74, 6) is 0.